The van der Waals surface area contributed by atoms with Crippen molar-refractivity contribution in [3.63, 3.8) is 0 Å². The molecule has 0 unspecified atom stereocenters. The molecule has 0 saturated carbocycles. The van der Waals surface area contributed by atoms with E-state index in [0.717, 1.165) is 76.7 Å². The van der Waals surface area contributed by atoms with Gasteiger partial charge in [-0.05, 0) is 103 Å². The number of benzene rings is 8. The number of hydrogen-bond donors (Lipinski definition) is 4. The van der Waals surface area contributed by atoms with Gasteiger partial charge in [0.05, 0.1) is 11.4 Å². The van der Waals surface area contributed by atoms with Crippen molar-refractivity contribution >= 4 is 43.1 Å². The molecule has 0 saturated heterocycles. The highest BCUT2D eigenvalue weighted by molar-refractivity contribution is 6.11. The minimum absolute atomic E-state index is 0.106. The van der Waals surface area contributed by atoms with Crippen molar-refractivity contribution < 1.29 is 20.4 Å². The van der Waals surface area contributed by atoms with E-state index in [2.05, 4.69) is 12.1 Å². The average molecular weight is 725 g/mol. The van der Waals surface area contributed by atoms with Gasteiger partial charge in [0.2, 0.25) is 0 Å². The van der Waals surface area contributed by atoms with Crippen molar-refractivity contribution in [3.8, 4) is 78.9 Å². The van der Waals surface area contributed by atoms with Gasteiger partial charge in [-0.15, -0.1) is 0 Å². The summed E-state index contributed by atoms with van der Waals surface area (Å²) in [4.78, 5) is 9.54. The fourth-order valence-electron chi connectivity index (χ4n) is 8.00. The SMILES string of the molecule is Oc1ccc2ccccc2c1-c1c(O)ccc2cc(-c3ccc(-c4ccc(-c5ccc6c(-c7c(O)ccc8ccccc78)c(O)ccc6c5)cn4)nc3)ccc12. The summed E-state index contributed by atoms with van der Waals surface area (Å²) in [6.07, 6.45) is 3.68. The van der Waals surface area contributed by atoms with E-state index in [4.69, 9.17) is 9.97 Å². The molecule has 0 atom stereocenters. The standard InChI is InChI=1S/C50H32N2O4/c53-43-21-13-29-5-1-3-7-37(29)47(43)49-39-17-9-31(25-33(39)15-23-45(49)55)35-11-19-41(51-27-35)42-20-12-36(28-52-42)32-10-18-40-34(26-32)16-24-46(56)50(40)48-38-8-4-2-6-30(38)14-22-44(48)54/h1-28,53-56H. The smallest absolute Gasteiger partial charge is 0.124 e. The van der Waals surface area contributed by atoms with Crippen LogP contribution in [0.4, 0.5) is 0 Å². The van der Waals surface area contributed by atoms with Crippen molar-refractivity contribution in [2.45, 2.75) is 0 Å². The van der Waals surface area contributed by atoms with Crippen molar-refractivity contribution in [3.05, 3.63) is 170 Å². The highest BCUT2D eigenvalue weighted by Gasteiger charge is 2.19. The third kappa shape index (κ3) is 5.43. The van der Waals surface area contributed by atoms with E-state index in [9.17, 15) is 20.4 Å². The van der Waals surface area contributed by atoms with E-state index < -0.39 is 0 Å². The Balaban J connectivity index is 0.939. The number of rotatable bonds is 5. The van der Waals surface area contributed by atoms with Gasteiger partial charge in [-0.2, -0.15) is 0 Å². The molecule has 10 rings (SSSR count). The molecule has 0 amide bonds. The highest BCUT2D eigenvalue weighted by atomic mass is 16.3. The summed E-state index contributed by atoms with van der Waals surface area (Å²) in [7, 11) is 0. The van der Waals surface area contributed by atoms with E-state index in [1.807, 2.05) is 134 Å². The molecule has 2 aromatic heterocycles. The monoisotopic (exact) mass is 724 g/mol. The number of aromatic hydroxyl groups is 4. The molecule has 6 nitrogen and oxygen atoms in total. The van der Waals surface area contributed by atoms with E-state index >= 15 is 0 Å². The Kier molecular flexibility index (Phi) is 7.64. The van der Waals surface area contributed by atoms with Crippen LogP contribution in [0.5, 0.6) is 23.0 Å². The minimum atomic E-state index is 0.106. The molecule has 0 spiro atoms. The molecule has 0 aliphatic carbocycles. The van der Waals surface area contributed by atoms with Crippen LogP contribution in [0.2, 0.25) is 0 Å². The fourth-order valence-corrected chi connectivity index (χ4v) is 8.00. The lowest BCUT2D eigenvalue weighted by Gasteiger charge is -2.15. The second-order valence-corrected chi connectivity index (χ2v) is 14.0. The van der Waals surface area contributed by atoms with Crippen LogP contribution in [0.15, 0.2) is 170 Å². The van der Waals surface area contributed by atoms with Crippen LogP contribution in [0, 0.1) is 0 Å². The minimum Gasteiger partial charge on any atom is -0.507 e. The number of aromatic nitrogens is 2. The van der Waals surface area contributed by atoms with Gasteiger partial charge in [-0.25, -0.2) is 0 Å². The maximum atomic E-state index is 11.0. The Morgan fingerprint density at radius 1 is 0.286 bits per heavy atom. The lowest BCUT2D eigenvalue weighted by Crippen LogP contribution is -1.90. The van der Waals surface area contributed by atoms with Crippen LogP contribution in [0.1, 0.15) is 0 Å². The van der Waals surface area contributed by atoms with Crippen LogP contribution in [0.25, 0.3) is 99.0 Å². The predicted octanol–water partition coefficient (Wildman–Crippen LogP) is 12.2. The Labute approximate surface area is 321 Å². The third-order valence-corrected chi connectivity index (χ3v) is 10.8. The first-order valence-corrected chi connectivity index (χ1v) is 18.3. The van der Waals surface area contributed by atoms with Crippen LogP contribution >= 0.6 is 0 Å². The summed E-state index contributed by atoms with van der Waals surface area (Å²) in [6.45, 7) is 0. The first-order chi connectivity index (χ1) is 27.4. The van der Waals surface area contributed by atoms with Gasteiger partial charge < -0.3 is 20.4 Å². The summed E-state index contributed by atoms with van der Waals surface area (Å²) in [5.41, 5.74) is 7.72. The lowest BCUT2D eigenvalue weighted by molar-refractivity contribution is 0.470. The van der Waals surface area contributed by atoms with Crippen LogP contribution in [-0.2, 0) is 0 Å². The van der Waals surface area contributed by atoms with Crippen LogP contribution in [-0.4, -0.2) is 30.4 Å². The zero-order valence-corrected chi connectivity index (χ0v) is 29.8. The molecule has 0 bridgehead atoms. The first-order valence-electron chi connectivity index (χ1n) is 18.3. The van der Waals surface area contributed by atoms with Gasteiger partial charge in [0.25, 0.3) is 0 Å². The van der Waals surface area contributed by atoms with Gasteiger partial charge in [0, 0.05) is 45.8 Å². The number of phenolic OH excluding ortho intramolecular Hbond substituents is 4. The zero-order chi connectivity index (χ0) is 37.9. The number of nitrogens with zero attached hydrogens (tertiary/aromatic N) is 2. The third-order valence-electron chi connectivity index (χ3n) is 10.8. The van der Waals surface area contributed by atoms with Gasteiger partial charge in [0.1, 0.15) is 23.0 Å². The molecular weight excluding hydrogens is 693 g/mol. The molecule has 0 radical (unpaired) electrons. The number of hydrogen-bond acceptors (Lipinski definition) is 6. The quantitative estimate of drug-likeness (QED) is 0.141. The Morgan fingerprint density at radius 3 is 1.00 bits per heavy atom. The summed E-state index contributed by atoms with van der Waals surface area (Å²) in [5.74, 6) is 0.441. The van der Waals surface area contributed by atoms with E-state index in [-0.39, 0.29) is 23.0 Å². The van der Waals surface area contributed by atoms with E-state index in [1.54, 1.807) is 24.3 Å². The summed E-state index contributed by atoms with van der Waals surface area (Å²) < 4.78 is 0. The molecule has 10 aromatic rings. The largest absolute Gasteiger partial charge is 0.507 e. The van der Waals surface area contributed by atoms with Crippen molar-refractivity contribution in [1.82, 2.24) is 9.97 Å². The van der Waals surface area contributed by atoms with Crippen molar-refractivity contribution in [1.29, 1.82) is 0 Å². The second kappa shape index (κ2) is 13.0. The van der Waals surface area contributed by atoms with Crippen LogP contribution in [0.3, 0.4) is 0 Å². The summed E-state index contributed by atoms with van der Waals surface area (Å²) >= 11 is 0. The zero-order valence-electron chi connectivity index (χ0n) is 29.8. The van der Waals surface area contributed by atoms with Gasteiger partial charge in [0.15, 0.2) is 0 Å². The molecule has 8 aromatic carbocycles. The molecule has 0 aliphatic rings. The lowest BCUT2D eigenvalue weighted by atomic mass is 9.91. The fraction of sp³-hybridized carbons (Fsp3) is 0. The molecular formula is C50H32N2O4. The van der Waals surface area contributed by atoms with Crippen molar-refractivity contribution in [2.75, 3.05) is 0 Å². The topological polar surface area (TPSA) is 107 Å². The van der Waals surface area contributed by atoms with Crippen LogP contribution < -0.4 is 0 Å². The Morgan fingerprint density at radius 2 is 0.625 bits per heavy atom. The second-order valence-electron chi connectivity index (χ2n) is 14.0. The highest BCUT2D eigenvalue weighted by Crippen LogP contribution is 2.47. The number of pyridine rings is 2. The molecule has 4 N–H and O–H groups in total. The summed E-state index contributed by atoms with van der Waals surface area (Å²) in [5, 5.41) is 51.2. The molecule has 2 heterocycles. The molecule has 6 heteroatoms. The predicted molar refractivity (Wildman–Crippen MR) is 226 cm³/mol. The average Bonchev–Trinajstić information content (AvgIpc) is 3.24. The first kappa shape index (κ1) is 32.9. The number of fused-ring (bicyclic) bond motifs is 4. The van der Waals surface area contributed by atoms with Gasteiger partial charge >= 0.3 is 0 Å². The van der Waals surface area contributed by atoms with E-state index in [1.165, 1.54) is 0 Å². The maximum absolute atomic E-state index is 11.0. The molecule has 56 heavy (non-hydrogen) atoms. The van der Waals surface area contributed by atoms with Crippen molar-refractivity contribution in [2.24, 2.45) is 0 Å². The molecule has 0 aliphatic heterocycles. The number of phenols is 4. The maximum Gasteiger partial charge on any atom is 0.124 e. The molecule has 266 valence electrons. The molecule has 0 fully saturated rings. The normalized spacial score (nSPS) is 11.5. The Bertz CT molecular complexity index is 2960. The van der Waals surface area contributed by atoms with Gasteiger partial charge in [-0.1, -0.05) is 109 Å². The van der Waals surface area contributed by atoms with Gasteiger partial charge in [-0.3, -0.25) is 9.97 Å². The summed E-state index contributed by atoms with van der Waals surface area (Å²) in [6, 6.07) is 50.0. The van der Waals surface area contributed by atoms with E-state index in [0.29, 0.717) is 22.3 Å². The Hall–Kier alpha value is -7.70.